The van der Waals surface area contributed by atoms with E-state index >= 15 is 0 Å². The van der Waals surface area contributed by atoms with Crippen LogP contribution in [0.15, 0.2) is 66.7 Å². The first-order valence-corrected chi connectivity index (χ1v) is 7.90. The highest BCUT2D eigenvalue weighted by Gasteiger charge is 2.29. The van der Waals surface area contributed by atoms with Gasteiger partial charge in [0.05, 0.1) is 16.7 Å². The zero-order valence-electron chi connectivity index (χ0n) is 13.2. The first-order chi connectivity index (χ1) is 12.1. The Hall–Kier alpha value is -3.40. The molecule has 0 saturated carbocycles. The number of hydrogen-bond donors (Lipinski definition) is 1. The monoisotopic (exact) mass is 330 g/mol. The first-order valence-electron chi connectivity index (χ1n) is 7.90. The fourth-order valence-electron chi connectivity index (χ4n) is 3.13. The first kappa shape index (κ1) is 15.1. The molecule has 0 bridgehead atoms. The van der Waals surface area contributed by atoms with Crippen LogP contribution in [0.25, 0.3) is 0 Å². The summed E-state index contributed by atoms with van der Waals surface area (Å²) in [5, 5.41) is 10.1. The molecule has 0 unspecified atom stereocenters. The van der Waals surface area contributed by atoms with Gasteiger partial charge < -0.3 is 9.84 Å². The van der Waals surface area contributed by atoms with E-state index in [0.717, 1.165) is 11.1 Å². The van der Waals surface area contributed by atoms with Crippen molar-refractivity contribution in [3.05, 3.63) is 94.5 Å². The molecule has 3 aromatic carbocycles. The molecule has 0 spiro atoms. The molecular formula is C21H14O4. The number of fused-ring (bicyclic) bond motifs is 2. The Morgan fingerprint density at radius 3 is 2.28 bits per heavy atom. The Morgan fingerprint density at radius 2 is 1.52 bits per heavy atom. The molecule has 0 aromatic heterocycles. The van der Waals surface area contributed by atoms with Gasteiger partial charge in [0.15, 0.2) is 0 Å². The molecule has 4 rings (SSSR count). The summed E-state index contributed by atoms with van der Waals surface area (Å²) in [6, 6.07) is 18.8. The number of rotatable bonds is 2. The number of benzene rings is 3. The second-order valence-electron chi connectivity index (χ2n) is 5.86. The minimum Gasteiger partial charge on any atom is -0.507 e. The van der Waals surface area contributed by atoms with E-state index in [0.29, 0.717) is 17.5 Å². The SMILES string of the molecule is O=C(Oc1cccc2c1C(=O)c1c(O)cccc1C2)c1ccccc1. The van der Waals surface area contributed by atoms with Gasteiger partial charge in [-0.15, -0.1) is 0 Å². The van der Waals surface area contributed by atoms with Crippen LogP contribution in [0.3, 0.4) is 0 Å². The van der Waals surface area contributed by atoms with E-state index in [4.69, 9.17) is 4.74 Å². The molecular weight excluding hydrogens is 316 g/mol. The minimum absolute atomic E-state index is 0.0580. The molecule has 4 nitrogen and oxygen atoms in total. The van der Waals surface area contributed by atoms with Crippen LogP contribution in [-0.4, -0.2) is 16.9 Å². The Balaban J connectivity index is 1.75. The van der Waals surface area contributed by atoms with Gasteiger partial charge in [-0.2, -0.15) is 0 Å². The molecule has 0 aliphatic heterocycles. The highest BCUT2D eigenvalue weighted by atomic mass is 16.5. The molecule has 0 amide bonds. The lowest BCUT2D eigenvalue weighted by atomic mass is 9.84. The lowest BCUT2D eigenvalue weighted by molar-refractivity contribution is 0.0733. The van der Waals surface area contributed by atoms with Gasteiger partial charge in [-0.05, 0) is 41.8 Å². The van der Waals surface area contributed by atoms with E-state index in [1.807, 2.05) is 18.2 Å². The van der Waals surface area contributed by atoms with Crippen LogP contribution < -0.4 is 4.74 Å². The fraction of sp³-hybridized carbons (Fsp3) is 0.0476. The van der Waals surface area contributed by atoms with E-state index in [9.17, 15) is 14.7 Å². The summed E-state index contributed by atoms with van der Waals surface area (Å²) in [5.41, 5.74) is 2.57. The number of hydrogen-bond acceptors (Lipinski definition) is 4. The van der Waals surface area contributed by atoms with Gasteiger partial charge in [0.25, 0.3) is 0 Å². The van der Waals surface area contributed by atoms with Crippen LogP contribution in [0.4, 0.5) is 0 Å². The van der Waals surface area contributed by atoms with Crippen LogP contribution in [0.1, 0.15) is 37.4 Å². The van der Waals surface area contributed by atoms with Crippen molar-refractivity contribution >= 4 is 11.8 Å². The summed E-state index contributed by atoms with van der Waals surface area (Å²) in [7, 11) is 0. The number of ketones is 1. The topological polar surface area (TPSA) is 63.6 Å². The maximum atomic E-state index is 12.9. The minimum atomic E-state index is -0.523. The smallest absolute Gasteiger partial charge is 0.343 e. The molecule has 0 atom stereocenters. The predicted octanol–water partition coefficient (Wildman–Crippen LogP) is 3.75. The second kappa shape index (κ2) is 5.91. The van der Waals surface area contributed by atoms with Crippen molar-refractivity contribution < 1.29 is 19.4 Å². The van der Waals surface area contributed by atoms with Gasteiger partial charge in [0.1, 0.15) is 11.5 Å². The third-order valence-electron chi connectivity index (χ3n) is 4.29. The van der Waals surface area contributed by atoms with Crippen LogP contribution in [0, 0.1) is 0 Å². The van der Waals surface area contributed by atoms with Crippen molar-refractivity contribution in [2.75, 3.05) is 0 Å². The predicted molar refractivity (Wildman–Crippen MR) is 92.2 cm³/mol. The molecule has 1 N–H and O–H groups in total. The normalized spacial score (nSPS) is 12.2. The maximum absolute atomic E-state index is 12.9. The average molecular weight is 330 g/mol. The highest BCUT2D eigenvalue weighted by molar-refractivity contribution is 6.15. The molecule has 3 aromatic rings. The van der Waals surface area contributed by atoms with Gasteiger partial charge in [-0.1, -0.05) is 42.5 Å². The third kappa shape index (κ3) is 2.58. The van der Waals surface area contributed by atoms with Crippen LogP contribution in [0.5, 0.6) is 11.5 Å². The van der Waals surface area contributed by atoms with Gasteiger partial charge in [0, 0.05) is 0 Å². The third-order valence-corrected chi connectivity index (χ3v) is 4.29. The summed E-state index contributed by atoms with van der Waals surface area (Å²) in [5.74, 6) is -0.696. The lowest BCUT2D eigenvalue weighted by Crippen LogP contribution is -2.18. The number of carbonyl (C=O) groups excluding carboxylic acids is 2. The molecule has 1 aliphatic rings. The van der Waals surface area contributed by atoms with Gasteiger partial charge in [-0.3, -0.25) is 4.79 Å². The molecule has 25 heavy (non-hydrogen) atoms. The Kier molecular flexibility index (Phi) is 3.58. The van der Waals surface area contributed by atoms with Crippen LogP contribution >= 0.6 is 0 Å². The quantitative estimate of drug-likeness (QED) is 0.449. The van der Waals surface area contributed by atoms with Crippen molar-refractivity contribution in [1.82, 2.24) is 0 Å². The zero-order chi connectivity index (χ0) is 17.4. The van der Waals surface area contributed by atoms with E-state index in [1.165, 1.54) is 6.07 Å². The number of aromatic hydroxyl groups is 1. The molecule has 0 fully saturated rings. The Labute approximate surface area is 144 Å². The molecule has 122 valence electrons. The van der Waals surface area contributed by atoms with Crippen LogP contribution in [0.2, 0.25) is 0 Å². The number of ether oxygens (including phenoxy) is 1. The van der Waals surface area contributed by atoms with Crippen molar-refractivity contribution in [3.8, 4) is 11.5 Å². The van der Waals surface area contributed by atoms with E-state index < -0.39 is 5.97 Å². The largest absolute Gasteiger partial charge is 0.507 e. The molecule has 0 heterocycles. The van der Waals surface area contributed by atoms with Gasteiger partial charge >= 0.3 is 5.97 Å². The second-order valence-corrected chi connectivity index (χ2v) is 5.86. The lowest BCUT2D eigenvalue weighted by Gasteiger charge is -2.21. The summed E-state index contributed by atoms with van der Waals surface area (Å²) >= 11 is 0. The van der Waals surface area contributed by atoms with Crippen molar-refractivity contribution in [2.45, 2.75) is 6.42 Å². The van der Waals surface area contributed by atoms with Crippen molar-refractivity contribution in [3.63, 3.8) is 0 Å². The van der Waals surface area contributed by atoms with Crippen LogP contribution in [-0.2, 0) is 6.42 Å². The summed E-state index contributed by atoms with van der Waals surface area (Å²) < 4.78 is 5.48. The highest BCUT2D eigenvalue weighted by Crippen LogP contribution is 2.36. The van der Waals surface area contributed by atoms with E-state index in [-0.39, 0.29) is 22.8 Å². The molecule has 0 saturated heterocycles. The molecule has 4 heteroatoms. The summed E-state index contributed by atoms with van der Waals surface area (Å²) in [4.78, 5) is 25.3. The standard InChI is InChI=1S/C21H14O4/c22-16-10-4-8-14-12-15-9-5-11-17(19(15)20(23)18(14)16)25-21(24)13-6-2-1-3-7-13/h1-11,22H,12H2. The van der Waals surface area contributed by atoms with Crippen molar-refractivity contribution in [1.29, 1.82) is 0 Å². The Bertz CT molecular complexity index is 990. The number of phenols is 1. The van der Waals surface area contributed by atoms with E-state index in [1.54, 1.807) is 42.5 Å². The molecule has 1 aliphatic carbocycles. The number of phenolic OH excluding ortho intramolecular Hbond substituents is 1. The fourth-order valence-corrected chi connectivity index (χ4v) is 3.13. The summed E-state index contributed by atoms with van der Waals surface area (Å²) in [6.45, 7) is 0. The van der Waals surface area contributed by atoms with E-state index in [2.05, 4.69) is 0 Å². The Morgan fingerprint density at radius 1 is 0.840 bits per heavy atom. The van der Waals surface area contributed by atoms with Crippen molar-refractivity contribution in [2.24, 2.45) is 0 Å². The summed E-state index contributed by atoms with van der Waals surface area (Å²) in [6.07, 6.45) is 0.502. The van der Waals surface area contributed by atoms with Gasteiger partial charge in [-0.25, -0.2) is 4.79 Å². The number of esters is 1. The maximum Gasteiger partial charge on any atom is 0.343 e. The van der Waals surface area contributed by atoms with Gasteiger partial charge in [0.2, 0.25) is 5.78 Å². The zero-order valence-corrected chi connectivity index (χ0v) is 13.2. The average Bonchev–Trinajstić information content (AvgIpc) is 2.62. The number of carbonyl (C=O) groups is 2. The molecule has 0 radical (unpaired) electrons.